The molecule has 6 bridgehead atoms. The van der Waals surface area contributed by atoms with Crippen molar-refractivity contribution in [3.8, 4) is 45.2 Å². The van der Waals surface area contributed by atoms with Crippen molar-refractivity contribution in [1.82, 2.24) is 15.0 Å². The Morgan fingerprint density at radius 3 is 1.28 bits per heavy atom. The Labute approximate surface area is 318 Å². The molecule has 1 aliphatic rings. The van der Waals surface area contributed by atoms with Gasteiger partial charge in [0.25, 0.3) is 0 Å². The zero-order chi connectivity index (χ0) is 36.5. The average molecular weight is 699 g/mol. The van der Waals surface area contributed by atoms with Gasteiger partial charge in [0.1, 0.15) is 0 Å². The molecular weight excluding hydrogens is 657 g/mol. The molecule has 0 unspecified atom stereocenters. The van der Waals surface area contributed by atoms with Gasteiger partial charge in [0.15, 0.2) is 0 Å². The molecule has 54 heavy (non-hydrogen) atoms. The number of allylic oxidation sites excluding steroid dienone is 3. The highest BCUT2D eigenvalue weighted by Gasteiger charge is 2.15. The lowest BCUT2D eigenvalue weighted by molar-refractivity contribution is 0.736. The average Bonchev–Trinajstić information content (AvgIpc) is 3.24. The van der Waals surface area contributed by atoms with Gasteiger partial charge in [-0.15, -0.1) is 0 Å². The van der Waals surface area contributed by atoms with E-state index in [9.17, 15) is 5.41 Å². The van der Waals surface area contributed by atoms with Gasteiger partial charge in [0.2, 0.25) is 0 Å². The first-order valence-electron chi connectivity index (χ1n) is 18.9. The van der Waals surface area contributed by atoms with E-state index in [2.05, 4.69) is 133 Å². The van der Waals surface area contributed by atoms with E-state index in [4.69, 9.17) is 15.0 Å². The van der Waals surface area contributed by atoms with Crippen LogP contribution in [0.25, 0.3) is 51.2 Å². The van der Waals surface area contributed by atoms with Gasteiger partial charge in [0.05, 0.1) is 39.9 Å². The van der Waals surface area contributed by atoms with Crippen LogP contribution in [0.2, 0.25) is 0 Å². The third-order valence-corrected chi connectivity index (χ3v) is 9.90. The normalized spacial score (nSPS) is 14.5. The molecule has 4 nitrogen and oxygen atoms in total. The summed E-state index contributed by atoms with van der Waals surface area (Å²) in [6.45, 7) is 0. The van der Waals surface area contributed by atoms with Gasteiger partial charge >= 0.3 is 0 Å². The zero-order valence-electron chi connectivity index (χ0n) is 30.3. The molecule has 0 fully saturated rings. The highest BCUT2D eigenvalue weighted by atomic mass is 14.8. The van der Waals surface area contributed by atoms with E-state index in [1.807, 2.05) is 42.5 Å². The van der Waals surface area contributed by atoms with Crippen molar-refractivity contribution in [2.24, 2.45) is 0 Å². The molecule has 262 valence electrons. The first-order chi connectivity index (χ1) is 26.6. The standard InChI is InChI=1S/C50H42N4/c51-44-29-37(26-25-36-15-5-1-6-16-36)17-13-14-18-38-30-46(42-21-9-3-10-22-42)53-49(34-38)50-35-40(32-47(54-50)43-23-11-4-12-24-43)28-27-39-31-45(52-48(44)33-39)41-19-7-2-8-20-41/h1-12,15-16,19-26,29-35,51H,13-14,17-18,27-28H2/b26-25+,37-29+,51-44?. The lowest BCUT2D eigenvalue weighted by Gasteiger charge is -2.14. The number of aryl methyl sites for hydroxylation is 3. The highest BCUT2D eigenvalue weighted by molar-refractivity contribution is 6.06. The molecule has 3 heterocycles. The smallest absolute Gasteiger partial charge is 0.0896 e. The Bertz CT molecular complexity index is 2430. The zero-order valence-corrected chi connectivity index (χ0v) is 30.3. The van der Waals surface area contributed by atoms with Crippen molar-refractivity contribution in [3.05, 3.63) is 203 Å². The summed E-state index contributed by atoms with van der Waals surface area (Å²) in [5, 5.41) is 9.36. The van der Waals surface area contributed by atoms with Gasteiger partial charge in [-0.25, -0.2) is 15.0 Å². The molecule has 0 radical (unpaired) electrons. The molecule has 4 aromatic carbocycles. The molecule has 0 spiro atoms. The summed E-state index contributed by atoms with van der Waals surface area (Å²) in [6.07, 6.45) is 11.7. The van der Waals surface area contributed by atoms with Crippen LogP contribution in [-0.4, -0.2) is 20.7 Å². The van der Waals surface area contributed by atoms with E-state index in [0.717, 1.165) is 100 Å². The van der Waals surface area contributed by atoms with Crippen LogP contribution in [0.4, 0.5) is 0 Å². The van der Waals surface area contributed by atoms with Crippen LogP contribution < -0.4 is 0 Å². The van der Waals surface area contributed by atoms with Gasteiger partial charge in [-0.3, -0.25) is 5.41 Å². The van der Waals surface area contributed by atoms with E-state index < -0.39 is 0 Å². The van der Waals surface area contributed by atoms with Crippen LogP contribution in [0.1, 0.15) is 47.2 Å². The predicted molar refractivity (Wildman–Crippen MR) is 223 cm³/mol. The largest absolute Gasteiger partial charge is 0.299 e. The van der Waals surface area contributed by atoms with Crippen LogP contribution >= 0.6 is 0 Å². The molecule has 0 amide bonds. The number of nitrogens with one attached hydrogen (secondary N) is 1. The maximum atomic E-state index is 9.36. The summed E-state index contributed by atoms with van der Waals surface area (Å²) in [4.78, 5) is 15.5. The molecular formula is C50H42N4. The third kappa shape index (κ3) is 8.57. The number of hydrogen-bond acceptors (Lipinski definition) is 4. The number of aromatic nitrogens is 3. The summed E-state index contributed by atoms with van der Waals surface area (Å²) in [7, 11) is 0. The van der Waals surface area contributed by atoms with E-state index in [0.29, 0.717) is 11.4 Å². The molecule has 4 heteroatoms. The Balaban J connectivity index is 1.25. The quantitative estimate of drug-likeness (QED) is 0.195. The van der Waals surface area contributed by atoms with Crippen molar-refractivity contribution in [3.63, 3.8) is 0 Å². The molecule has 3 aromatic heterocycles. The second kappa shape index (κ2) is 16.4. The van der Waals surface area contributed by atoms with Crippen LogP contribution in [0.3, 0.4) is 0 Å². The number of benzene rings is 4. The highest BCUT2D eigenvalue weighted by Crippen LogP contribution is 2.30. The Hall–Kier alpha value is -6.52. The SMILES string of the molecule is N=C1/C=C(/C=C/c2ccccc2)CCCCc2cc(-c3ccccc3)nc(c2)-c2cc(cc(-c3ccccc3)n2)CCc2cc1nc(-c1ccccc1)c2. The fourth-order valence-corrected chi connectivity index (χ4v) is 7.04. The maximum Gasteiger partial charge on any atom is 0.0896 e. The number of fused-ring (bicyclic) bond motifs is 7. The number of nitrogens with zero attached hydrogens (tertiary/aromatic N) is 3. The summed E-state index contributed by atoms with van der Waals surface area (Å²) in [5.41, 5.74) is 14.7. The van der Waals surface area contributed by atoms with Crippen molar-refractivity contribution in [2.45, 2.75) is 38.5 Å². The van der Waals surface area contributed by atoms with Gasteiger partial charge in [-0.05, 0) is 109 Å². The summed E-state index contributed by atoms with van der Waals surface area (Å²) in [6, 6.07) is 54.7. The molecule has 8 rings (SSSR count). The lowest BCUT2D eigenvalue weighted by atomic mass is 9.96. The van der Waals surface area contributed by atoms with Gasteiger partial charge in [0, 0.05) is 16.7 Å². The first-order valence-corrected chi connectivity index (χ1v) is 18.9. The van der Waals surface area contributed by atoms with Gasteiger partial charge < -0.3 is 0 Å². The fourth-order valence-electron chi connectivity index (χ4n) is 7.04. The van der Waals surface area contributed by atoms with E-state index in [1.54, 1.807) is 0 Å². The van der Waals surface area contributed by atoms with Crippen molar-refractivity contribution >= 4 is 11.8 Å². The molecule has 0 saturated heterocycles. The molecule has 1 aliphatic carbocycles. The van der Waals surface area contributed by atoms with Crippen molar-refractivity contribution < 1.29 is 0 Å². The van der Waals surface area contributed by atoms with E-state index in [-0.39, 0.29) is 0 Å². The van der Waals surface area contributed by atoms with Gasteiger partial charge in [-0.2, -0.15) is 0 Å². The van der Waals surface area contributed by atoms with Crippen molar-refractivity contribution in [2.75, 3.05) is 0 Å². The second-order valence-corrected chi connectivity index (χ2v) is 13.9. The first kappa shape index (κ1) is 34.6. The summed E-state index contributed by atoms with van der Waals surface area (Å²) in [5.74, 6) is 0. The van der Waals surface area contributed by atoms with E-state index in [1.165, 1.54) is 11.1 Å². The summed E-state index contributed by atoms with van der Waals surface area (Å²) >= 11 is 0. The van der Waals surface area contributed by atoms with Crippen molar-refractivity contribution in [1.29, 1.82) is 5.41 Å². The van der Waals surface area contributed by atoms with Crippen LogP contribution in [0.15, 0.2) is 175 Å². The third-order valence-electron chi connectivity index (χ3n) is 9.90. The molecule has 7 aromatic rings. The van der Waals surface area contributed by atoms with Gasteiger partial charge in [-0.1, -0.05) is 133 Å². The minimum Gasteiger partial charge on any atom is -0.299 e. The Morgan fingerprint density at radius 2 is 0.778 bits per heavy atom. The number of pyridine rings is 3. The topological polar surface area (TPSA) is 62.5 Å². The second-order valence-electron chi connectivity index (χ2n) is 13.9. The van der Waals surface area contributed by atoms with E-state index >= 15 is 0 Å². The fraction of sp³-hybridized carbons (Fsp3) is 0.120. The minimum atomic E-state index is 0.423. The summed E-state index contributed by atoms with van der Waals surface area (Å²) < 4.78 is 0. The predicted octanol–water partition coefficient (Wildman–Crippen LogP) is 12.1. The monoisotopic (exact) mass is 698 g/mol. The molecule has 0 aliphatic heterocycles. The maximum absolute atomic E-state index is 9.36. The van der Waals surface area contributed by atoms with Crippen LogP contribution in [0, 0.1) is 5.41 Å². The van der Waals surface area contributed by atoms with Crippen LogP contribution in [-0.2, 0) is 19.3 Å². The Morgan fingerprint density at radius 1 is 0.389 bits per heavy atom. The number of rotatable bonds is 5. The minimum absolute atomic E-state index is 0.423. The molecule has 0 atom stereocenters. The van der Waals surface area contributed by atoms with Crippen LogP contribution in [0.5, 0.6) is 0 Å². The molecule has 0 saturated carbocycles. The molecule has 1 N–H and O–H groups in total. The number of hydrogen-bond donors (Lipinski definition) is 1. The lowest BCUT2D eigenvalue weighted by Crippen LogP contribution is -2.05. The Kier molecular flexibility index (Phi) is 10.5.